The van der Waals surface area contributed by atoms with Crippen LogP contribution in [0, 0.1) is 5.92 Å². The van der Waals surface area contributed by atoms with Crippen molar-refractivity contribution in [3.05, 3.63) is 22.7 Å². The molecule has 6 nitrogen and oxygen atoms in total. The van der Waals surface area contributed by atoms with Crippen molar-refractivity contribution in [3.8, 4) is 5.75 Å². The molecule has 8 heteroatoms. The largest absolute Gasteiger partial charge is 0.497 e. The Morgan fingerprint density at radius 1 is 1.50 bits per heavy atom. The first-order chi connectivity index (χ1) is 9.30. The Labute approximate surface area is 126 Å². The van der Waals surface area contributed by atoms with Crippen LogP contribution in [0.15, 0.2) is 22.7 Å². The molecule has 1 saturated heterocycles. The van der Waals surface area contributed by atoms with Crippen molar-refractivity contribution in [1.29, 1.82) is 0 Å². The van der Waals surface area contributed by atoms with Gasteiger partial charge in [-0.3, -0.25) is 4.79 Å². The van der Waals surface area contributed by atoms with Crippen LogP contribution in [0.2, 0.25) is 0 Å². The van der Waals surface area contributed by atoms with Gasteiger partial charge >= 0.3 is 0 Å². The van der Waals surface area contributed by atoms with Gasteiger partial charge in [-0.15, -0.1) is 0 Å². The minimum atomic E-state index is -3.57. The van der Waals surface area contributed by atoms with Gasteiger partial charge in [0, 0.05) is 23.4 Å². The lowest BCUT2D eigenvalue weighted by atomic mass is 10.1. The van der Waals surface area contributed by atoms with Crippen LogP contribution < -0.4 is 14.8 Å². The van der Waals surface area contributed by atoms with E-state index in [2.05, 4.69) is 15.9 Å². The third kappa shape index (κ3) is 3.50. The number of anilines is 1. The summed E-state index contributed by atoms with van der Waals surface area (Å²) in [5.74, 6) is 0.118. The van der Waals surface area contributed by atoms with Crippen LogP contribution in [0.4, 0.5) is 5.69 Å². The molecule has 0 aromatic heterocycles. The molecule has 1 aliphatic heterocycles. The van der Waals surface area contributed by atoms with Crippen molar-refractivity contribution in [2.45, 2.75) is 6.42 Å². The number of ether oxygens (including phenoxy) is 1. The fourth-order valence-corrected chi connectivity index (χ4v) is 3.74. The highest BCUT2D eigenvalue weighted by Gasteiger charge is 2.33. The van der Waals surface area contributed by atoms with Crippen molar-refractivity contribution in [1.82, 2.24) is 0 Å². The standard InChI is InChI=1S/C12H15BrN2O4S/c1-19-9-2-3-11(10(13)5-9)15-6-8(4-12(15)16)7-20(14,17)18/h2-3,5,8H,4,6-7H2,1H3,(H2,14,17,18). The highest BCUT2D eigenvalue weighted by molar-refractivity contribution is 9.10. The van der Waals surface area contributed by atoms with E-state index in [0.717, 1.165) is 4.47 Å². The van der Waals surface area contributed by atoms with Gasteiger partial charge in [-0.2, -0.15) is 0 Å². The molecule has 0 bridgehead atoms. The zero-order valence-corrected chi connectivity index (χ0v) is 13.3. The zero-order chi connectivity index (χ0) is 14.9. The van der Waals surface area contributed by atoms with Gasteiger partial charge in [-0.1, -0.05) is 0 Å². The Bertz CT molecular complexity index is 632. The highest BCUT2D eigenvalue weighted by atomic mass is 79.9. The van der Waals surface area contributed by atoms with Gasteiger partial charge in [-0.25, -0.2) is 13.6 Å². The maximum atomic E-state index is 12.0. The minimum absolute atomic E-state index is 0.107. The molecule has 20 heavy (non-hydrogen) atoms. The molecule has 1 atom stereocenters. The Kier molecular flexibility index (Phi) is 4.36. The summed E-state index contributed by atoms with van der Waals surface area (Å²) in [5.41, 5.74) is 0.702. The fraction of sp³-hybridized carbons (Fsp3) is 0.417. The molecule has 0 spiro atoms. The van der Waals surface area contributed by atoms with Gasteiger partial charge in [0.25, 0.3) is 0 Å². The molecule has 0 aliphatic carbocycles. The monoisotopic (exact) mass is 362 g/mol. The summed E-state index contributed by atoms with van der Waals surface area (Å²) in [5, 5.41) is 5.03. The second-order valence-electron chi connectivity index (χ2n) is 4.72. The van der Waals surface area contributed by atoms with E-state index >= 15 is 0 Å². The SMILES string of the molecule is COc1ccc(N2CC(CS(N)(=O)=O)CC2=O)c(Br)c1. The van der Waals surface area contributed by atoms with Crippen LogP contribution in [-0.4, -0.2) is 33.7 Å². The number of sulfonamides is 1. The second-order valence-corrected chi connectivity index (χ2v) is 7.23. The predicted octanol–water partition coefficient (Wildman–Crippen LogP) is 1.10. The number of halogens is 1. The van der Waals surface area contributed by atoms with Crippen LogP contribution in [0.25, 0.3) is 0 Å². The average Bonchev–Trinajstić information content (AvgIpc) is 2.67. The summed E-state index contributed by atoms with van der Waals surface area (Å²) in [6, 6.07) is 5.27. The van der Waals surface area contributed by atoms with E-state index in [0.29, 0.717) is 18.0 Å². The van der Waals surface area contributed by atoms with Crippen molar-refractivity contribution in [3.63, 3.8) is 0 Å². The van der Waals surface area contributed by atoms with Crippen LogP contribution in [0.5, 0.6) is 5.75 Å². The van der Waals surface area contributed by atoms with Crippen LogP contribution in [0.3, 0.4) is 0 Å². The normalized spacial score (nSPS) is 19.4. The Morgan fingerprint density at radius 2 is 2.20 bits per heavy atom. The Balaban J connectivity index is 2.20. The second kappa shape index (κ2) is 5.71. The van der Waals surface area contributed by atoms with Crippen molar-refractivity contribution >= 4 is 37.5 Å². The number of carbonyl (C=O) groups excluding carboxylic acids is 1. The Hall–Kier alpha value is -1.12. The number of rotatable bonds is 4. The first-order valence-corrected chi connectivity index (χ1v) is 8.45. The molecular weight excluding hydrogens is 348 g/mol. The number of hydrogen-bond donors (Lipinski definition) is 1. The molecule has 1 aromatic rings. The van der Waals surface area contributed by atoms with E-state index in [-0.39, 0.29) is 24.0 Å². The van der Waals surface area contributed by atoms with Crippen LogP contribution >= 0.6 is 15.9 Å². The molecule has 1 heterocycles. The number of benzene rings is 1. The molecule has 0 saturated carbocycles. The zero-order valence-electron chi connectivity index (χ0n) is 10.9. The third-order valence-electron chi connectivity index (χ3n) is 3.12. The lowest BCUT2D eigenvalue weighted by molar-refractivity contribution is -0.117. The van der Waals surface area contributed by atoms with Gasteiger partial charge in [0.1, 0.15) is 5.75 Å². The van der Waals surface area contributed by atoms with Gasteiger partial charge in [-0.05, 0) is 34.1 Å². The Morgan fingerprint density at radius 3 is 2.75 bits per heavy atom. The first-order valence-electron chi connectivity index (χ1n) is 5.94. The number of methoxy groups -OCH3 is 1. The minimum Gasteiger partial charge on any atom is -0.497 e. The van der Waals surface area contributed by atoms with Gasteiger partial charge in [0.15, 0.2) is 0 Å². The lowest BCUT2D eigenvalue weighted by Gasteiger charge is -2.18. The van der Waals surface area contributed by atoms with E-state index in [4.69, 9.17) is 9.88 Å². The maximum absolute atomic E-state index is 12.0. The summed E-state index contributed by atoms with van der Waals surface area (Å²) in [6.45, 7) is 0.347. The molecule has 2 N–H and O–H groups in total. The lowest BCUT2D eigenvalue weighted by Crippen LogP contribution is -2.27. The molecule has 110 valence electrons. The fourth-order valence-electron chi connectivity index (χ4n) is 2.29. The van der Waals surface area contributed by atoms with E-state index in [1.165, 1.54) is 0 Å². The third-order valence-corrected chi connectivity index (χ3v) is 4.69. The number of nitrogens with two attached hydrogens (primary N) is 1. The van der Waals surface area contributed by atoms with Crippen molar-refractivity contribution < 1.29 is 17.9 Å². The number of carbonyl (C=O) groups is 1. The molecular formula is C12H15BrN2O4S. The summed E-state index contributed by atoms with van der Waals surface area (Å²) in [7, 11) is -2.01. The van der Waals surface area contributed by atoms with E-state index in [1.807, 2.05) is 0 Å². The van der Waals surface area contributed by atoms with Crippen molar-refractivity contribution in [2.24, 2.45) is 11.1 Å². The highest BCUT2D eigenvalue weighted by Crippen LogP contribution is 2.34. The quantitative estimate of drug-likeness (QED) is 0.868. The van der Waals surface area contributed by atoms with Gasteiger partial charge in [0.2, 0.25) is 15.9 Å². The van der Waals surface area contributed by atoms with E-state index in [1.54, 1.807) is 30.2 Å². The van der Waals surface area contributed by atoms with E-state index in [9.17, 15) is 13.2 Å². The molecule has 1 aromatic carbocycles. The van der Waals surface area contributed by atoms with Crippen LogP contribution in [0.1, 0.15) is 6.42 Å². The number of amides is 1. The smallest absolute Gasteiger partial charge is 0.227 e. The maximum Gasteiger partial charge on any atom is 0.227 e. The van der Waals surface area contributed by atoms with Crippen molar-refractivity contribution in [2.75, 3.05) is 24.3 Å². The molecule has 0 radical (unpaired) electrons. The molecule has 1 unspecified atom stereocenters. The predicted molar refractivity (Wildman–Crippen MR) is 79.1 cm³/mol. The number of hydrogen-bond acceptors (Lipinski definition) is 4. The molecule has 1 aliphatic rings. The number of nitrogens with zero attached hydrogens (tertiary/aromatic N) is 1. The number of primary sulfonamides is 1. The molecule has 1 fully saturated rings. The summed E-state index contributed by atoms with van der Waals surface area (Å²) in [4.78, 5) is 13.6. The average molecular weight is 363 g/mol. The summed E-state index contributed by atoms with van der Waals surface area (Å²) >= 11 is 3.39. The topological polar surface area (TPSA) is 89.7 Å². The van der Waals surface area contributed by atoms with Gasteiger partial charge in [0.05, 0.1) is 18.6 Å². The molecule has 1 amide bonds. The van der Waals surface area contributed by atoms with Gasteiger partial charge < -0.3 is 9.64 Å². The summed E-state index contributed by atoms with van der Waals surface area (Å²) < 4.78 is 28.0. The summed E-state index contributed by atoms with van der Waals surface area (Å²) in [6.07, 6.45) is 0.189. The first kappa shape index (κ1) is 15.3. The van der Waals surface area contributed by atoms with E-state index < -0.39 is 10.0 Å². The van der Waals surface area contributed by atoms with Crippen LogP contribution in [-0.2, 0) is 14.8 Å². The molecule has 2 rings (SSSR count).